The van der Waals surface area contributed by atoms with Crippen molar-refractivity contribution in [2.24, 2.45) is 0 Å². The fourth-order valence-corrected chi connectivity index (χ4v) is 3.01. The standard InChI is InChI=1S/C12H17BrN2O2S/c1-9-2-3-10(13)8-12(9)15-18(16,17)7-6-14-11-4-5-11/h2-3,8,11,14-15H,4-7H2,1H3. The highest BCUT2D eigenvalue weighted by Crippen LogP contribution is 2.22. The van der Waals surface area contributed by atoms with Gasteiger partial charge in [-0.1, -0.05) is 22.0 Å². The Morgan fingerprint density at radius 3 is 2.78 bits per heavy atom. The van der Waals surface area contributed by atoms with Crippen molar-refractivity contribution < 1.29 is 8.42 Å². The number of halogens is 1. The van der Waals surface area contributed by atoms with E-state index < -0.39 is 10.0 Å². The smallest absolute Gasteiger partial charge is 0.233 e. The van der Waals surface area contributed by atoms with Crippen LogP contribution in [0, 0.1) is 6.92 Å². The maximum Gasteiger partial charge on any atom is 0.233 e. The molecule has 0 radical (unpaired) electrons. The summed E-state index contributed by atoms with van der Waals surface area (Å²) in [5.41, 5.74) is 1.55. The van der Waals surface area contributed by atoms with Crippen molar-refractivity contribution in [1.82, 2.24) is 5.32 Å². The van der Waals surface area contributed by atoms with Crippen molar-refractivity contribution in [2.45, 2.75) is 25.8 Å². The van der Waals surface area contributed by atoms with Crippen molar-refractivity contribution in [3.63, 3.8) is 0 Å². The highest BCUT2D eigenvalue weighted by Gasteiger charge is 2.21. The SMILES string of the molecule is Cc1ccc(Br)cc1NS(=O)(=O)CCNC1CC1. The number of aryl methyl sites for hydroxylation is 1. The predicted molar refractivity (Wildman–Crippen MR) is 77.3 cm³/mol. The zero-order valence-corrected chi connectivity index (χ0v) is 12.6. The molecule has 0 heterocycles. The number of hydrogen-bond acceptors (Lipinski definition) is 3. The molecule has 0 spiro atoms. The Bertz CT molecular complexity index is 527. The molecule has 0 aromatic heterocycles. The van der Waals surface area contributed by atoms with E-state index in [0.717, 1.165) is 22.9 Å². The predicted octanol–water partition coefficient (Wildman–Crippen LogP) is 2.25. The van der Waals surface area contributed by atoms with Gasteiger partial charge in [0, 0.05) is 17.1 Å². The van der Waals surface area contributed by atoms with Gasteiger partial charge in [-0.2, -0.15) is 0 Å². The van der Waals surface area contributed by atoms with E-state index in [2.05, 4.69) is 26.0 Å². The molecule has 1 aliphatic rings. The average Bonchev–Trinajstić information content (AvgIpc) is 3.07. The average molecular weight is 333 g/mol. The first-order valence-electron chi connectivity index (χ1n) is 5.96. The number of sulfonamides is 1. The molecule has 1 fully saturated rings. The van der Waals surface area contributed by atoms with E-state index in [4.69, 9.17) is 0 Å². The number of anilines is 1. The van der Waals surface area contributed by atoms with E-state index in [-0.39, 0.29) is 5.75 Å². The van der Waals surface area contributed by atoms with Crippen LogP contribution >= 0.6 is 15.9 Å². The summed E-state index contributed by atoms with van der Waals surface area (Å²) in [6.07, 6.45) is 2.33. The molecule has 1 aromatic carbocycles. The lowest BCUT2D eigenvalue weighted by atomic mass is 10.2. The molecule has 0 bridgehead atoms. The summed E-state index contributed by atoms with van der Waals surface area (Å²) < 4.78 is 27.3. The molecule has 4 nitrogen and oxygen atoms in total. The van der Waals surface area contributed by atoms with Crippen LogP contribution in [0.2, 0.25) is 0 Å². The highest BCUT2D eigenvalue weighted by atomic mass is 79.9. The molecular weight excluding hydrogens is 316 g/mol. The van der Waals surface area contributed by atoms with Gasteiger partial charge in [0.2, 0.25) is 10.0 Å². The Morgan fingerprint density at radius 2 is 2.11 bits per heavy atom. The summed E-state index contributed by atoms with van der Waals surface area (Å²) in [5, 5.41) is 3.20. The largest absolute Gasteiger partial charge is 0.313 e. The van der Waals surface area contributed by atoms with E-state index in [1.807, 2.05) is 19.1 Å². The van der Waals surface area contributed by atoms with Gasteiger partial charge in [0.1, 0.15) is 0 Å². The van der Waals surface area contributed by atoms with Crippen LogP contribution in [0.1, 0.15) is 18.4 Å². The van der Waals surface area contributed by atoms with Gasteiger partial charge in [-0.25, -0.2) is 8.42 Å². The van der Waals surface area contributed by atoms with Gasteiger partial charge < -0.3 is 5.32 Å². The fourth-order valence-electron chi connectivity index (χ4n) is 1.61. The molecule has 0 aliphatic heterocycles. The summed E-state index contributed by atoms with van der Waals surface area (Å²) in [7, 11) is -3.28. The van der Waals surface area contributed by atoms with Crippen LogP contribution in [0.4, 0.5) is 5.69 Å². The molecule has 1 aromatic rings. The first-order chi connectivity index (χ1) is 8.46. The van der Waals surface area contributed by atoms with E-state index in [9.17, 15) is 8.42 Å². The number of rotatable bonds is 6. The summed E-state index contributed by atoms with van der Waals surface area (Å²) in [4.78, 5) is 0. The zero-order valence-electron chi connectivity index (χ0n) is 10.2. The van der Waals surface area contributed by atoms with Crippen LogP contribution in [-0.4, -0.2) is 26.8 Å². The second kappa shape index (κ2) is 5.59. The Labute approximate surface area is 116 Å². The molecule has 6 heteroatoms. The van der Waals surface area contributed by atoms with Gasteiger partial charge in [0.05, 0.1) is 11.4 Å². The minimum atomic E-state index is -3.28. The van der Waals surface area contributed by atoms with Crippen LogP contribution in [0.25, 0.3) is 0 Å². The van der Waals surface area contributed by atoms with Gasteiger partial charge in [-0.3, -0.25) is 4.72 Å². The number of hydrogen-bond donors (Lipinski definition) is 2. The lowest BCUT2D eigenvalue weighted by molar-refractivity contribution is 0.595. The van der Waals surface area contributed by atoms with Gasteiger partial charge in [-0.05, 0) is 37.5 Å². The third-order valence-corrected chi connectivity index (χ3v) is 4.61. The van der Waals surface area contributed by atoms with Gasteiger partial charge in [0.25, 0.3) is 0 Å². The molecule has 100 valence electrons. The number of nitrogens with one attached hydrogen (secondary N) is 2. The maximum atomic E-state index is 11.9. The maximum absolute atomic E-state index is 11.9. The fraction of sp³-hybridized carbons (Fsp3) is 0.500. The van der Waals surface area contributed by atoms with E-state index >= 15 is 0 Å². The Kier molecular flexibility index (Phi) is 4.29. The molecule has 2 rings (SSSR count). The molecule has 2 N–H and O–H groups in total. The second-order valence-electron chi connectivity index (χ2n) is 4.61. The van der Waals surface area contributed by atoms with Gasteiger partial charge in [0.15, 0.2) is 0 Å². The normalized spacial score (nSPS) is 15.7. The van der Waals surface area contributed by atoms with Crippen LogP contribution in [0.5, 0.6) is 0 Å². The van der Waals surface area contributed by atoms with Crippen LogP contribution < -0.4 is 10.0 Å². The molecule has 1 saturated carbocycles. The Hall–Kier alpha value is -0.590. The first kappa shape index (κ1) is 13.8. The molecule has 0 unspecified atom stereocenters. The van der Waals surface area contributed by atoms with Crippen molar-refractivity contribution in [2.75, 3.05) is 17.0 Å². The van der Waals surface area contributed by atoms with Crippen molar-refractivity contribution >= 4 is 31.6 Å². The molecule has 0 atom stereocenters. The Balaban J connectivity index is 1.95. The Morgan fingerprint density at radius 1 is 1.39 bits per heavy atom. The van der Waals surface area contributed by atoms with Crippen molar-refractivity contribution in [3.8, 4) is 0 Å². The van der Waals surface area contributed by atoms with Gasteiger partial charge in [-0.15, -0.1) is 0 Å². The molecule has 18 heavy (non-hydrogen) atoms. The minimum absolute atomic E-state index is 0.107. The monoisotopic (exact) mass is 332 g/mol. The van der Waals surface area contributed by atoms with Gasteiger partial charge >= 0.3 is 0 Å². The van der Waals surface area contributed by atoms with Crippen LogP contribution in [0.15, 0.2) is 22.7 Å². The first-order valence-corrected chi connectivity index (χ1v) is 8.41. The lowest BCUT2D eigenvalue weighted by Gasteiger charge is -2.11. The molecule has 0 saturated heterocycles. The van der Waals surface area contributed by atoms with Crippen LogP contribution in [-0.2, 0) is 10.0 Å². The van der Waals surface area contributed by atoms with Crippen molar-refractivity contribution in [3.05, 3.63) is 28.2 Å². The van der Waals surface area contributed by atoms with Crippen LogP contribution in [0.3, 0.4) is 0 Å². The van der Waals surface area contributed by atoms with E-state index in [0.29, 0.717) is 18.3 Å². The summed E-state index contributed by atoms with van der Waals surface area (Å²) >= 11 is 3.34. The van der Waals surface area contributed by atoms with E-state index in [1.54, 1.807) is 6.07 Å². The third-order valence-electron chi connectivity index (χ3n) is 2.85. The minimum Gasteiger partial charge on any atom is -0.313 e. The quantitative estimate of drug-likeness (QED) is 0.840. The van der Waals surface area contributed by atoms with E-state index in [1.165, 1.54) is 0 Å². The number of benzene rings is 1. The van der Waals surface area contributed by atoms with Crippen molar-refractivity contribution in [1.29, 1.82) is 0 Å². The zero-order chi connectivity index (χ0) is 13.2. The lowest BCUT2D eigenvalue weighted by Crippen LogP contribution is -2.28. The molecule has 0 amide bonds. The highest BCUT2D eigenvalue weighted by molar-refractivity contribution is 9.10. The summed E-state index contributed by atoms with van der Waals surface area (Å²) in [5.74, 6) is 0.107. The molecule has 1 aliphatic carbocycles. The summed E-state index contributed by atoms with van der Waals surface area (Å²) in [6, 6.07) is 6.08. The summed E-state index contributed by atoms with van der Waals surface area (Å²) in [6.45, 7) is 2.39. The third kappa shape index (κ3) is 4.26. The second-order valence-corrected chi connectivity index (χ2v) is 7.37. The molecular formula is C12H17BrN2O2S. The topological polar surface area (TPSA) is 58.2 Å².